The Morgan fingerprint density at radius 1 is 1.41 bits per heavy atom. The van der Waals surface area contributed by atoms with Crippen LogP contribution in [0.5, 0.6) is 0 Å². The maximum atomic E-state index is 12.1. The summed E-state index contributed by atoms with van der Waals surface area (Å²) in [5, 5.41) is 0. The Kier molecular flexibility index (Phi) is 2.95. The van der Waals surface area contributed by atoms with Crippen LogP contribution >= 0.6 is 0 Å². The molecule has 2 aromatic rings. The van der Waals surface area contributed by atoms with Crippen molar-refractivity contribution in [2.24, 2.45) is 0 Å². The molecule has 0 aliphatic carbocycles. The minimum atomic E-state index is -0.571. The zero-order valence-electron chi connectivity index (χ0n) is 9.77. The first kappa shape index (κ1) is 11.4. The zero-order chi connectivity index (χ0) is 12.4. The Hall–Kier alpha value is -2.10. The standard InChI is InChI=1S/C13H13NO3/c1-3-17-13(16)10-8-9(2)11-6-4-5-7-14(11)12(10)15/h4-8H,3H2,1-2H3. The number of carbonyl (C=O) groups is 1. The molecule has 88 valence electrons. The van der Waals surface area contributed by atoms with Crippen LogP contribution in [0.3, 0.4) is 0 Å². The van der Waals surface area contributed by atoms with Crippen LogP contribution in [0.25, 0.3) is 5.52 Å². The molecule has 2 rings (SSSR count). The fourth-order valence-corrected chi connectivity index (χ4v) is 1.78. The van der Waals surface area contributed by atoms with Gasteiger partial charge in [-0.25, -0.2) is 4.79 Å². The van der Waals surface area contributed by atoms with E-state index in [0.717, 1.165) is 11.1 Å². The number of rotatable bonds is 2. The first-order chi connectivity index (χ1) is 8.15. The highest BCUT2D eigenvalue weighted by molar-refractivity contribution is 5.89. The molecular weight excluding hydrogens is 218 g/mol. The van der Waals surface area contributed by atoms with Gasteiger partial charge in [0.25, 0.3) is 5.56 Å². The van der Waals surface area contributed by atoms with E-state index in [1.54, 1.807) is 25.3 Å². The van der Waals surface area contributed by atoms with Crippen molar-refractivity contribution in [2.75, 3.05) is 6.61 Å². The smallest absolute Gasteiger partial charge is 0.343 e. The summed E-state index contributed by atoms with van der Waals surface area (Å²) in [5.41, 5.74) is 1.40. The van der Waals surface area contributed by atoms with Gasteiger partial charge in [-0.15, -0.1) is 0 Å². The fraction of sp³-hybridized carbons (Fsp3) is 0.231. The van der Waals surface area contributed by atoms with Gasteiger partial charge >= 0.3 is 5.97 Å². The number of nitrogens with zero attached hydrogens (tertiary/aromatic N) is 1. The number of fused-ring (bicyclic) bond motifs is 1. The number of pyridine rings is 2. The summed E-state index contributed by atoms with van der Waals surface area (Å²) < 4.78 is 6.32. The van der Waals surface area contributed by atoms with Crippen molar-refractivity contribution in [1.82, 2.24) is 4.40 Å². The van der Waals surface area contributed by atoms with Crippen molar-refractivity contribution in [3.63, 3.8) is 0 Å². The van der Waals surface area contributed by atoms with Gasteiger partial charge in [0, 0.05) is 6.20 Å². The van der Waals surface area contributed by atoms with Crippen LogP contribution in [0.2, 0.25) is 0 Å². The Balaban J connectivity index is 2.71. The van der Waals surface area contributed by atoms with Crippen LogP contribution in [0.1, 0.15) is 22.8 Å². The summed E-state index contributed by atoms with van der Waals surface area (Å²) in [6.07, 6.45) is 1.65. The average Bonchev–Trinajstić information content (AvgIpc) is 2.34. The molecule has 17 heavy (non-hydrogen) atoms. The molecular formula is C13H13NO3. The van der Waals surface area contributed by atoms with E-state index in [0.29, 0.717) is 0 Å². The Morgan fingerprint density at radius 2 is 2.18 bits per heavy atom. The highest BCUT2D eigenvalue weighted by Crippen LogP contribution is 2.09. The number of esters is 1. The fourth-order valence-electron chi connectivity index (χ4n) is 1.78. The van der Waals surface area contributed by atoms with Crippen LogP contribution in [0, 0.1) is 6.92 Å². The normalized spacial score (nSPS) is 10.5. The molecule has 0 atom stereocenters. The molecule has 4 nitrogen and oxygen atoms in total. The van der Waals surface area contributed by atoms with Gasteiger partial charge in [-0.05, 0) is 37.6 Å². The average molecular weight is 231 g/mol. The largest absolute Gasteiger partial charge is 0.462 e. The van der Waals surface area contributed by atoms with E-state index in [1.165, 1.54) is 4.40 Å². The van der Waals surface area contributed by atoms with Crippen molar-refractivity contribution in [2.45, 2.75) is 13.8 Å². The van der Waals surface area contributed by atoms with Crippen LogP contribution in [0.15, 0.2) is 35.3 Å². The number of aryl methyl sites for hydroxylation is 1. The molecule has 0 spiro atoms. The van der Waals surface area contributed by atoms with Crippen LogP contribution < -0.4 is 5.56 Å². The second-order valence-corrected chi connectivity index (χ2v) is 3.72. The van der Waals surface area contributed by atoms with E-state index >= 15 is 0 Å². The number of aromatic nitrogens is 1. The van der Waals surface area contributed by atoms with E-state index in [2.05, 4.69) is 0 Å². The monoisotopic (exact) mass is 231 g/mol. The van der Waals surface area contributed by atoms with Crippen molar-refractivity contribution in [1.29, 1.82) is 0 Å². The third-order valence-corrected chi connectivity index (χ3v) is 2.57. The Labute approximate surface area is 98.5 Å². The first-order valence-corrected chi connectivity index (χ1v) is 5.43. The van der Waals surface area contributed by atoms with E-state index in [-0.39, 0.29) is 17.7 Å². The lowest BCUT2D eigenvalue weighted by Crippen LogP contribution is -2.23. The highest BCUT2D eigenvalue weighted by Gasteiger charge is 2.14. The van der Waals surface area contributed by atoms with Crippen LogP contribution in [0.4, 0.5) is 0 Å². The van der Waals surface area contributed by atoms with Gasteiger partial charge in [-0.2, -0.15) is 0 Å². The lowest BCUT2D eigenvalue weighted by atomic mass is 10.1. The molecule has 0 saturated carbocycles. The van der Waals surface area contributed by atoms with Gasteiger partial charge in [0.05, 0.1) is 12.1 Å². The van der Waals surface area contributed by atoms with Crippen LogP contribution in [-0.2, 0) is 4.74 Å². The Morgan fingerprint density at radius 3 is 2.88 bits per heavy atom. The zero-order valence-corrected chi connectivity index (χ0v) is 9.77. The molecule has 0 fully saturated rings. The SMILES string of the molecule is CCOC(=O)c1cc(C)c2ccccn2c1=O. The molecule has 2 heterocycles. The van der Waals surface area contributed by atoms with Gasteiger partial charge in [0.2, 0.25) is 0 Å². The van der Waals surface area contributed by atoms with E-state index < -0.39 is 5.97 Å². The predicted molar refractivity (Wildman–Crippen MR) is 64.4 cm³/mol. The van der Waals surface area contributed by atoms with Gasteiger partial charge < -0.3 is 4.74 Å². The van der Waals surface area contributed by atoms with Gasteiger partial charge in [-0.1, -0.05) is 6.07 Å². The number of hydrogen-bond acceptors (Lipinski definition) is 3. The summed E-state index contributed by atoms with van der Waals surface area (Å²) in [4.78, 5) is 23.7. The summed E-state index contributed by atoms with van der Waals surface area (Å²) in [6, 6.07) is 7.02. The van der Waals surface area contributed by atoms with Crippen molar-refractivity contribution >= 4 is 11.5 Å². The number of hydrogen-bond donors (Lipinski definition) is 0. The summed E-state index contributed by atoms with van der Waals surface area (Å²) in [7, 11) is 0. The minimum Gasteiger partial charge on any atom is -0.462 e. The van der Waals surface area contributed by atoms with E-state index in [4.69, 9.17) is 4.74 Å². The molecule has 0 amide bonds. The molecule has 0 unspecified atom stereocenters. The second-order valence-electron chi connectivity index (χ2n) is 3.72. The quantitative estimate of drug-likeness (QED) is 0.740. The van der Waals surface area contributed by atoms with Crippen molar-refractivity contribution in [3.8, 4) is 0 Å². The first-order valence-electron chi connectivity index (χ1n) is 5.43. The maximum absolute atomic E-state index is 12.1. The topological polar surface area (TPSA) is 47.8 Å². The molecule has 0 aliphatic heterocycles. The number of carbonyl (C=O) groups excluding carboxylic acids is 1. The maximum Gasteiger partial charge on any atom is 0.343 e. The van der Waals surface area contributed by atoms with Gasteiger partial charge in [0.15, 0.2) is 0 Å². The molecule has 0 N–H and O–H groups in total. The molecule has 2 aromatic heterocycles. The minimum absolute atomic E-state index is 0.0769. The van der Waals surface area contributed by atoms with Gasteiger partial charge in [-0.3, -0.25) is 9.20 Å². The molecule has 0 radical (unpaired) electrons. The van der Waals surface area contributed by atoms with Crippen LogP contribution in [-0.4, -0.2) is 17.0 Å². The van der Waals surface area contributed by atoms with Crippen molar-refractivity contribution in [3.05, 3.63) is 51.9 Å². The summed E-state index contributed by atoms with van der Waals surface area (Å²) in [5.74, 6) is -0.571. The Bertz CT molecular complexity index is 628. The van der Waals surface area contributed by atoms with E-state index in [9.17, 15) is 9.59 Å². The third-order valence-electron chi connectivity index (χ3n) is 2.57. The molecule has 0 saturated heterocycles. The summed E-state index contributed by atoms with van der Waals surface area (Å²) in [6.45, 7) is 3.83. The molecule has 0 aromatic carbocycles. The molecule has 0 aliphatic rings. The predicted octanol–water partition coefficient (Wildman–Crippen LogP) is 1.78. The highest BCUT2D eigenvalue weighted by atomic mass is 16.5. The molecule has 4 heteroatoms. The van der Waals surface area contributed by atoms with E-state index in [1.807, 2.05) is 19.1 Å². The van der Waals surface area contributed by atoms with Crippen molar-refractivity contribution < 1.29 is 9.53 Å². The number of ether oxygens (including phenoxy) is 1. The lowest BCUT2D eigenvalue weighted by Gasteiger charge is -2.07. The van der Waals surface area contributed by atoms with Gasteiger partial charge in [0.1, 0.15) is 5.56 Å². The second kappa shape index (κ2) is 4.41. The lowest BCUT2D eigenvalue weighted by molar-refractivity contribution is 0.0524. The molecule has 0 bridgehead atoms. The third kappa shape index (κ3) is 1.93. The summed E-state index contributed by atoms with van der Waals surface area (Å²) >= 11 is 0.